The zero-order valence-corrected chi connectivity index (χ0v) is 21.6. The van der Waals surface area contributed by atoms with Crippen LogP contribution in [0, 0.1) is 5.82 Å². The maximum atomic E-state index is 14.8. The highest BCUT2D eigenvalue weighted by atomic mass is 32.2. The fourth-order valence-electron chi connectivity index (χ4n) is 3.87. The van der Waals surface area contributed by atoms with Crippen molar-refractivity contribution >= 4 is 27.9 Å². The minimum Gasteiger partial charge on any atom is -0.456 e. The smallest absolute Gasteiger partial charge is 0.347 e. The van der Waals surface area contributed by atoms with Gasteiger partial charge in [0, 0.05) is 20.8 Å². The second-order valence-electron chi connectivity index (χ2n) is 8.25. The topological polar surface area (TPSA) is 166 Å². The Balaban J connectivity index is 2.21. The number of esters is 3. The predicted octanol–water partition coefficient (Wildman–Crippen LogP) is 0.272. The molecule has 15 heteroatoms. The van der Waals surface area contributed by atoms with Crippen LogP contribution in [0.1, 0.15) is 39.5 Å². The Bertz CT molecular complexity index is 1460. The third-order valence-corrected chi connectivity index (χ3v) is 7.16. The quantitative estimate of drug-likeness (QED) is 0.339. The lowest BCUT2D eigenvalue weighted by Crippen LogP contribution is -2.59. The summed E-state index contributed by atoms with van der Waals surface area (Å²) in [5.41, 5.74) is -2.35. The van der Waals surface area contributed by atoms with Crippen LogP contribution >= 0.6 is 0 Å². The molecule has 2 aromatic rings. The number of hydrogen-bond donors (Lipinski definition) is 0. The van der Waals surface area contributed by atoms with Gasteiger partial charge in [-0.15, -0.1) is 0 Å². The molecule has 0 saturated carbocycles. The van der Waals surface area contributed by atoms with E-state index in [9.17, 15) is 36.8 Å². The number of rotatable bonds is 7. The van der Waals surface area contributed by atoms with Crippen molar-refractivity contribution in [2.24, 2.45) is 0 Å². The average Bonchev–Trinajstić information content (AvgIpc) is 2.83. The molecule has 0 aliphatic carbocycles. The van der Waals surface area contributed by atoms with Gasteiger partial charge in [0.1, 0.15) is 0 Å². The first kappa shape index (κ1) is 28.7. The second-order valence-corrected chi connectivity index (χ2v) is 10.1. The molecule has 0 unspecified atom stereocenters. The predicted molar refractivity (Wildman–Crippen MR) is 125 cm³/mol. The molecular formula is C23H25FN2O11S. The molecule has 2 heterocycles. The largest absolute Gasteiger partial charge is 0.456 e. The molecule has 1 saturated heterocycles. The van der Waals surface area contributed by atoms with E-state index in [-0.39, 0.29) is 19.6 Å². The van der Waals surface area contributed by atoms with E-state index in [1.807, 2.05) is 6.92 Å². The monoisotopic (exact) mass is 556 g/mol. The molecule has 0 N–H and O–H groups in total. The first-order valence-electron chi connectivity index (χ1n) is 11.3. The Labute approximate surface area is 215 Å². The van der Waals surface area contributed by atoms with E-state index in [1.165, 1.54) is 24.3 Å². The van der Waals surface area contributed by atoms with Crippen LogP contribution in [-0.4, -0.2) is 59.8 Å². The molecule has 38 heavy (non-hydrogen) atoms. The Kier molecular flexibility index (Phi) is 8.51. The van der Waals surface area contributed by atoms with Gasteiger partial charge in [0.2, 0.25) is 5.82 Å². The van der Waals surface area contributed by atoms with Crippen LogP contribution in [0.15, 0.2) is 44.9 Å². The highest BCUT2D eigenvalue weighted by Crippen LogP contribution is 2.29. The summed E-state index contributed by atoms with van der Waals surface area (Å²) in [5.74, 6) is -4.36. The van der Waals surface area contributed by atoms with Crippen LogP contribution in [0.4, 0.5) is 4.39 Å². The Morgan fingerprint density at radius 3 is 2.05 bits per heavy atom. The molecule has 13 nitrogen and oxygen atoms in total. The van der Waals surface area contributed by atoms with Crippen LogP contribution in [0.2, 0.25) is 0 Å². The summed E-state index contributed by atoms with van der Waals surface area (Å²) in [5, 5.41) is 0. The van der Waals surface area contributed by atoms with Gasteiger partial charge >= 0.3 is 23.6 Å². The maximum Gasteiger partial charge on any atom is 0.347 e. The van der Waals surface area contributed by atoms with Gasteiger partial charge in [-0.05, 0) is 24.1 Å². The molecule has 0 spiro atoms. The van der Waals surface area contributed by atoms with Crippen molar-refractivity contribution in [2.75, 3.05) is 6.61 Å². The van der Waals surface area contributed by atoms with Crippen molar-refractivity contribution in [3.8, 4) is 0 Å². The number of aromatic nitrogens is 2. The van der Waals surface area contributed by atoms with E-state index in [4.69, 9.17) is 18.9 Å². The maximum absolute atomic E-state index is 14.8. The van der Waals surface area contributed by atoms with Gasteiger partial charge < -0.3 is 18.9 Å². The molecule has 4 atom stereocenters. The van der Waals surface area contributed by atoms with Gasteiger partial charge in [-0.25, -0.2) is 17.8 Å². The molecule has 3 rings (SSSR count). The SMILES string of the molecule is CCc1ccc(S(=O)(=O)n2cc(F)c(=O)n([C@@H]3OC[C@@H](OC(C)=O)[C@H](OC(C)=O)[C@H]3OC(C)=O)c2=O)cc1. The van der Waals surface area contributed by atoms with Gasteiger partial charge in [0.15, 0.2) is 24.5 Å². The summed E-state index contributed by atoms with van der Waals surface area (Å²) in [6.07, 6.45) is -5.89. The van der Waals surface area contributed by atoms with E-state index in [1.54, 1.807) is 0 Å². The number of aryl methyl sites for hydroxylation is 1. The van der Waals surface area contributed by atoms with Crippen molar-refractivity contribution in [3.05, 3.63) is 62.7 Å². The van der Waals surface area contributed by atoms with Crippen molar-refractivity contribution < 1.29 is 46.1 Å². The van der Waals surface area contributed by atoms with Crippen molar-refractivity contribution in [1.29, 1.82) is 0 Å². The Morgan fingerprint density at radius 1 is 0.974 bits per heavy atom. The second kappa shape index (κ2) is 11.3. The third kappa shape index (κ3) is 5.83. The lowest BCUT2D eigenvalue weighted by molar-refractivity contribution is -0.240. The summed E-state index contributed by atoms with van der Waals surface area (Å²) in [7, 11) is -4.71. The number of ether oxygens (including phenoxy) is 4. The van der Waals surface area contributed by atoms with Crippen molar-refractivity contribution in [3.63, 3.8) is 0 Å². The lowest BCUT2D eigenvalue weighted by atomic mass is 10.0. The summed E-state index contributed by atoms with van der Waals surface area (Å²) in [4.78, 5) is 61.0. The zero-order valence-electron chi connectivity index (χ0n) is 20.8. The molecule has 1 fully saturated rings. The first-order valence-corrected chi connectivity index (χ1v) is 12.7. The van der Waals surface area contributed by atoms with E-state index in [2.05, 4.69) is 0 Å². The van der Waals surface area contributed by atoms with Crippen molar-refractivity contribution in [1.82, 2.24) is 8.54 Å². The summed E-state index contributed by atoms with van der Waals surface area (Å²) in [6, 6.07) is 5.44. The number of carbonyl (C=O) groups excluding carboxylic acids is 3. The molecule has 1 aliphatic rings. The van der Waals surface area contributed by atoms with E-state index >= 15 is 0 Å². The van der Waals surface area contributed by atoms with Gasteiger partial charge in [-0.3, -0.25) is 19.2 Å². The van der Waals surface area contributed by atoms with E-state index in [0.29, 0.717) is 6.42 Å². The zero-order chi connectivity index (χ0) is 28.4. The minimum absolute atomic E-state index is 0.0118. The van der Waals surface area contributed by atoms with Crippen LogP contribution in [0.3, 0.4) is 0 Å². The van der Waals surface area contributed by atoms with Gasteiger partial charge in [-0.2, -0.15) is 8.36 Å². The fourth-order valence-corrected chi connectivity index (χ4v) is 5.10. The molecule has 0 radical (unpaired) electrons. The number of halogens is 1. The lowest BCUT2D eigenvalue weighted by Gasteiger charge is -2.40. The number of nitrogens with zero attached hydrogens (tertiary/aromatic N) is 2. The fraction of sp³-hybridized carbons (Fsp3) is 0.435. The van der Waals surface area contributed by atoms with Crippen LogP contribution in [0.25, 0.3) is 0 Å². The summed E-state index contributed by atoms with van der Waals surface area (Å²) in [6.45, 7) is 4.25. The van der Waals surface area contributed by atoms with E-state index < -0.39 is 76.1 Å². The first-order chi connectivity index (χ1) is 17.8. The van der Waals surface area contributed by atoms with Gasteiger partial charge in [0.25, 0.3) is 15.6 Å². The highest BCUT2D eigenvalue weighted by molar-refractivity contribution is 7.90. The third-order valence-electron chi connectivity index (χ3n) is 5.52. The molecule has 1 aliphatic heterocycles. The van der Waals surface area contributed by atoms with Crippen LogP contribution in [-0.2, 0) is 49.8 Å². The van der Waals surface area contributed by atoms with Crippen LogP contribution < -0.4 is 11.2 Å². The molecule has 1 aromatic heterocycles. The molecule has 206 valence electrons. The number of hydrogen-bond acceptors (Lipinski definition) is 11. The van der Waals surface area contributed by atoms with Gasteiger partial charge in [-0.1, -0.05) is 19.1 Å². The summed E-state index contributed by atoms with van der Waals surface area (Å²) >= 11 is 0. The number of carbonyl (C=O) groups is 3. The normalized spacial score (nSPS) is 21.4. The molecule has 0 amide bonds. The average molecular weight is 557 g/mol. The molecular weight excluding hydrogens is 531 g/mol. The Hall–Kier alpha value is -3.85. The van der Waals surface area contributed by atoms with Crippen LogP contribution in [0.5, 0.6) is 0 Å². The van der Waals surface area contributed by atoms with Gasteiger partial charge in [0.05, 0.1) is 17.7 Å². The Morgan fingerprint density at radius 2 is 1.53 bits per heavy atom. The van der Waals surface area contributed by atoms with Crippen molar-refractivity contribution in [2.45, 2.75) is 63.6 Å². The number of benzene rings is 1. The molecule has 1 aromatic carbocycles. The minimum atomic E-state index is -4.71. The highest BCUT2D eigenvalue weighted by Gasteiger charge is 2.49. The summed E-state index contributed by atoms with van der Waals surface area (Å²) < 4.78 is 62.2. The molecule has 0 bridgehead atoms. The van der Waals surface area contributed by atoms with E-state index in [0.717, 1.165) is 26.3 Å². The standard InChI is InChI=1S/C23H25FN2O11S/c1-5-15-6-8-16(9-7-15)38(32,33)25-10-17(24)21(30)26(23(25)31)22-20(37-14(4)29)19(36-13(3)28)18(11-34-22)35-12(2)27/h6-10,18-20,22H,5,11H2,1-4H3/t18-,19+,20-,22-/m1/s1.